The lowest BCUT2D eigenvalue weighted by Gasteiger charge is -2.32. The summed E-state index contributed by atoms with van der Waals surface area (Å²) < 4.78 is 5.49. The van der Waals surface area contributed by atoms with Gasteiger partial charge in [0.25, 0.3) is 11.8 Å². The lowest BCUT2D eigenvalue weighted by Crippen LogP contribution is -2.38. The molecule has 2 aromatic rings. The van der Waals surface area contributed by atoms with E-state index >= 15 is 0 Å². The fourth-order valence-electron chi connectivity index (χ4n) is 4.06. The van der Waals surface area contributed by atoms with E-state index in [1.807, 2.05) is 23.1 Å². The Labute approximate surface area is 176 Å². The number of carbonyl (C=O) groups is 2. The fraction of sp³-hybridized carbons (Fsp3) is 0.292. The summed E-state index contributed by atoms with van der Waals surface area (Å²) in [5.41, 5.74) is 2.35. The molecule has 6 nitrogen and oxygen atoms in total. The van der Waals surface area contributed by atoms with Crippen molar-refractivity contribution in [3.8, 4) is 11.8 Å². The van der Waals surface area contributed by atoms with Crippen LogP contribution in [-0.4, -0.2) is 36.9 Å². The number of ether oxygens (including phenoxy) is 1. The maximum Gasteiger partial charge on any atom is 0.282 e. The third-order valence-corrected chi connectivity index (χ3v) is 5.79. The van der Waals surface area contributed by atoms with Gasteiger partial charge in [0.2, 0.25) is 0 Å². The summed E-state index contributed by atoms with van der Waals surface area (Å²) in [6, 6.07) is 15.8. The molecule has 0 aromatic heterocycles. The summed E-state index contributed by atoms with van der Waals surface area (Å²) in [7, 11) is 1.56. The summed E-state index contributed by atoms with van der Waals surface area (Å²) in [5, 5.41) is 9.05. The predicted octanol–water partition coefficient (Wildman–Crippen LogP) is 3.58. The molecule has 0 radical (unpaired) electrons. The van der Waals surface area contributed by atoms with E-state index in [1.54, 1.807) is 37.4 Å². The minimum atomic E-state index is -0.372. The number of nitriles is 1. The molecular weight excluding hydrogens is 378 g/mol. The standard InChI is InChI=1S/C24H23N3O3/c1-16-11-13-26(14-12-16)22-21(19-5-3-4-6-20(19)30-2)23(28)27(24(22)29)18-9-7-17(15-25)8-10-18/h3-10,16H,11-14H2,1-2H3. The first-order valence-corrected chi connectivity index (χ1v) is 10.1. The number of anilines is 1. The molecule has 6 heteroatoms. The lowest BCUT2D eigenvalue weighted by atomic mass is 9.97. The van der Waals surface area contributed by atoms with E-state index < -0.39 is 0 Å². The number of amides is 2. The normalized spacial score (nSPS) is 17.5. The molecular formula is C24H23N3O3. The lowest BCUT2D eigenvalue weighted by molar-refractivity contribution is -0.120. The number of carbonyl (C=O) groups excluding carboxylic acids is 2. The molecule has 0 saturated carbocycles. The summed E-state index contributed by atoms with van der Waals surface area (Å²) >= 11 is 0. The van der Waals surface area contributed by atoms with E-state index in [0.717, 1.165) is 25.9 Å². The molecule has 152 valence electrons. The van der Waals surface area contributed by atoms with Gasteiger partial charge in [-0.05, 0) is 49.1 Å². The molecule has 1 saturated heterocycles. The number of likely N-dealkylation sites (tertiary alicyclic amines) is 1. The van der Waals surface area contributed by atoms with Gasteiger partial charge in [-0.3, -0.25) is 9.59 Å². The second kappa shape index (κ2) is 8.03. The van der Waals surface area contributed by atoms with Crippen molar-refractivity contribution in [3.05, 3.63) is 65.4 Å². The Morgan fingerprint density at radius 1 is 1.00 bits per heavy atom. The first-order valence-electron chi connectivity index (χ1n) is 10.1. The van der Waals surface area contributed by atoms with Crippen LogP contribution in [0.2, 0.25) is 0 Å². The van der Waals surface area contributed by atoms with Gasteiger partial charge in [-0.25, -0.2) is 4.90 Å². The Balaban J connectivity index is 1.83. The number of hydrogen-bond acceptors (Lipinski definition) is 5. The summed E-state index contributed by atoms with van der Waals surface area (Å²) in [6.45, 7) is 3.67. The van der Waals surface area contributed by atoms with Crippen LogP contribution in [-0.2, 0) is 9.59 Å². The summed E-state index contributed by atoms with van der Waals surface area (Å²) in [5.74, 6) is 0.444. The molecule has 0 spiro atoms. The predicted molar refractivity (Wildman–Crippen MR) is 114 cm³/mol. The first-order chi connectivity index (χ1) is 14.5. The molecule has 0 N–H and O–H groups in total. The van der Waals surface area contributed by atoms with Gasteiger partial charge in [-0.15, -0.1) is 0 Å². The highest BCUT2D eigenvalue weighted by atomic mass is 16.5. The van der Waals surface area contributed by atoms with Crippen LogP contribution in [0.25, 0.3) is 5.57 Å². The minimum absolute atomic E-state index is 0.333. The SMILES string of the molecule is COc1ccccc1C1=C(N2CCC(C)CC2)C(=O)N(c2ccc(C#N)cc2)C1=O. The van der Waals surface area contributed by atoms with Crippen LogP contribution in [0.3, 0.4) is 0 Å². The largest absolute Gasteiger partial charge is 0.496 e. The second-order valence-corrected chi connectivity index (χ2v) is 7.70. The second-order valence-electron chi connectivity index (χ2n) is 7.70. The van der Waals surface area contributed by atoms with E-state index in [9.17, 15) is 9.59 Å². The number of piperidine rings is 1. The van der Waals surface area contributed by atoms with Crippen molar-refractivity contribution in [1.29, 1.82) is 5.26 Å². The highest BCUT2D eigenvalue weighted by Gasteiger charge is 2.43. The topological polar surface area (TPSA) is 73.6 Å². The van der Waals surface area contributed by atoms with Crippen LogP contribution in [0.1, 0.15) is 30.9 Å². The van der Waals surface area contributed by atoms with Gasteiger partial charge in [0, 0.05) is 18.7 Å². The fourth-order valence-corrected chi connectivity index (χ4v) is 4.06. The van der Waals surface area contributed by atoms with Crippen molar-refractivity contribution in [3.63, 3.8) is 0 Å². The molecule has 4 rings (SSSR count). The Hall–Kier alpha value is -3.59. The van der Waals surface area contributed by atoms with Crippen LogP contribution in [0, 0.1) is 17.2 Å². The Bertz CT molecular complexity index is 1060. The van der Waals surface area contributed by atoms with Gasteiger partial charge < -0.3 is 9.64 Å². The van der Waals surface area contributed by atoms with Crippen molar-refractivity contribution in [2.24, 2.45) is 5.92 Å². The molecule has 30 heavy (non-hydrogen) atoms. The van der Waals surface area contributed by atoms with E-state index in [2.05, 4.69) is 13.0 Å². The monoisotopic (exact) mass is 401 g/mol. The van der Waals surface area contributed by atoms with Crippen LogP contribution in [0.15, 0.2) is 54.2 Å². The molecule has 2 aliphatic heterocycles. The Kier molecular flexibility index (Phi) is 5.28. The molecule has 2 amide bonds. The highest BCUT2D eigenvalue weighted by Crippen LogP contribution is 2.39. The maximum atomic E-state index is 13.6. The molecule has 0 unspecified atom stereocenters. The van der Waals surface area contributed by atoms with Crippen LogP contribution in [0.5, 0.6) is 5.75 Å². The number of nitrogens with zero attached hydrogens (tertiary/aromatic N) is 3. The molecule has 0 aliphatic carbocycles. The average molecular weight is 401 g/mol. The highest BCUT2D eigenvalue weighted by molar-refractivity contribution is 6.45. The van der Waals surface area contributed by atoms with Crippen molar-refractivity contribution in [1.82, 2.24) is 4.90 Å². The molecule has 2 heterocycles. The number of benzene rings is 2. The molecule has 2 aromatic carbocycles. The Morgan fingerprint density at radius 2 is 1.67 bits per heavy atom. The zero-order valence-corrected chi connectivity index (χ0v) is 17.1. The van der Waals surface area contributed by atoms with Gasteiger partial charge in [0.15, 0.2) is 0 Å². The zero-order chi connectivity index (χ0) is 21.3. The van der Waals surface area contributed by atoms with Gasteiger partial charge in [0.05, 0.1) is 30.0 Å². The van der Waals surface area contributed by atoms with Gasteiger partial charge in [-0.2, -0.15) is 5.26 Å². The molecule has 2 aliphatic rings. The van der Waals surface area contributed by atoms with E-state index in [-0.39, 0.29) is 11.8 Å². The van der Waals surface area contributed by atoms with E-state index in [4.69, 9.17) is 10.00 Å². The van der Waals surface area contributed by atoms with Crippen molar-refractivity contribution >= 4 is 23.1 Å². The average Bonchev–Trinajstić information content (AvgIpc) is 3.04. The van der Waals surface area contributed by atoms with Crippen LogP contribution in [0.4, 0.5) is 5.69 Å². The van der Waals surface area contributed by atoms with Gasteiger partial charge >= 0.3 is 0 Å². The quantitative estimate of drug-likeness (QED) is 0.732. The zero-order valence-electron chi connectivity index (χ0n) is 17.1. The number of methoxy groups -OCH3 is 1. The molecule has 0 bridgehead atoms. The van der Waals surface area contributed by atoms with Gasteiger partial charge in [0.1, 0.15) is 11.4 Å². The number of para-hydroxylation sites is 1. The van der Waals surface area contributed by atoms with E-state index in [1.165, 1.54) is 4.90 Å². The van der Waals surface area contributed by atoms with Crippen molar-refractivity contribution in [2.45, 2.75) is 19.8 Å². The number of rotatable bonds is 4. The number of imide groups is 1. The third-order valence-electron chi connectivity index (χ3n) is 5.79. The van der Waals surface area contributed by atoms with Crippen LogP contribution < -0.4 is 9.64 Å². The summed E-state index contributed by atoms with van der Waals surface area (Å²) in [4.78, 5) is 30.3. The maximum absolute atomic E-state index is 13.6. The first kappa shape index (κ1) is 19.7. The van der Waals surface area contributed by atoms with Crippen LogP contribution >= 0.6 is 0 Å². The van der Waals surface area contributed by atoms with E-state index in [0.29, 0.717) is 39.8 Å². The summed E-state index contributed by atoms with van der Waals surface area (Å²) in [6.07, 6.45) is 1.95. The van der Waals surface area contributed by atoms with Gasteiger partial charge in [-0.1, -0.05) is 25.1 Å². The third kappa shape index (κ3) is 3.33. The van der Waals surface area contributed by atoms with Crippen molar-refractivity contribution < 1.29 is 14.3 Å². The van der Waals surface area contributed by atoms with Crippen molar-refractivity contribution in [2.75, 3.05) is 25.1 Å². The molecule has 0 atom stereocenters. The number of hydrogen-bond donors (Lipinski definition) is 0. The smallest absolute Gasteiger partial charge is 0.282 e. The minimum Gasteiger partial charge on any atom is -0.496 e. The Morgan fingerprint density at radius 3 is 2.30 bits per heavy atom. The molecule has 1 fully saturated rings.